The normalized spacial score (nSPS) is 30.3. The summed E-state index contributed by atoms with van der Waals surface area (Å²) >= 11 is 0. The predicted molar refractivity (Wildman–Crippen MR) is 77.6 cm³/mol. The molecule has 1 heterocycles. The van der Waals surface area contributed by atoms with Gasteiger partial charge in [0.1, 0.15) is 5.82 Å². The third kappa shape index (κ3) is 3.54. The Morgan fingerprint density at radius 3 is 2.79 bits per heavy atom. The molecule has 0 aliphatic carbocycles. The van der Waals surface area contributed by atoms with E-state index in [2.05, 4.69) is 38.0 Å². The van der Waals surface area contributed by atoms with Gasteiger partial charge in [-0.3, -0.25) is 0 Å². The van der Waals surface area contributed by atoms with Gasteiger partial charge in [-0.15, -0.1) is 0 Å². The molecule has 1 saturated heterocycles. The van der Waals surface area contributed by atoms with Gasteiger partial charge in [0.05, 0.1) is 0 Å². The van der Waals surface area contributed by atoms with Crippen molar-refractivity contribution in [1.82, 2.24) is 10.2 Å². The van der Waals surface area contributed by atoms with E-state index < -0.39 is 0 Å². The number of nitrogens with zero attached hydrogens (tertiary/aromatic N) is 1. The Bertz CT molecular complexity index is 421. The summed E-state index contributed by atoms with van der Waals surface area (Å²) in [5, 5.41) is 3.67. The number of hydrogen-bond donors (Lipinski definition) is 1. The lowest BCUT2D eigenvalue weighted by atomic mass is 9.89. The van der Waals surface area contributed by atoms with Crippen LogP contribution < -0.4 is 5.32 Å². The Morgan fingerprint density at radius 2 is 2.11 bits per heavy atom. The highest BCUT2D eigenvalue weighted by Gasteiger charge is 2.29. The van der Waals surface area contributed by atoms with Crippen LogP contribution in [0.4, 0.5) is 4.39 Å². The van der Waals surface area contributed by atoms with Gasteiger partial charge in [-0.25, -0.2) is 4.39 Å². The summed E-state index contributed by atoms with van der Waals surface area (Å²) in [5.74, 6) is 0.466. The minimum atomic E-state index is -0.157. The molecule has 2 rings (SSSR count). The molecule has 4 atom stereocenters. The largest absolute Gasteiger partial charge is 0.307 e. The topological polar surface area (TPSA) is 15.3 Å². The van der Waals surface area contributed by atoms with E-state index in [1.54, 1.807) is 12.1 Å². The van der Waals surface area contributed by atoms with Crippen molar-refractivity contribution in [2.75, 3.05) is 13.6 Å². The number of rotatable bonds is 3. The Balaban J connectivity index is 2.00. The fourth-order valence-electron chi connectivity index (χ4n) is 2.97. The van der Waals surface area contributed by atoms with Crippen LogP contribution in [0.5, 0.6) is 0 Å². The van der Waals surface area contributed by atoms with E-state index in [0.717, 1.165) is 18.5 Å². The number of nitrogens with one attached hydrogen (secondary N) is 1. The number of benzene rings is 1. The van der Waals surface area contributed by atoms with Gasteiger partial charge in [0.15, 0.2) is 0 Å². The number of piperidine rings is 1. The molecular formula is C16H25FN2. The van der Waals surface area contributed by atoms with E-state index in [1.165, 1.54) is 6.07 Å². The van der Waals surface area contributed by atoms with Crippen LogP contribution in [0.2, 0.25) is 0 Å². The fourth-order valence-corrected chi connectivity index (χ4v) is 2.97. The zero-order chi connectivity index (χ0) is 14.0. The van der Waals surface area contributed by atoms with Crippen molar-refractivity contribution in [3.63, 3.8) is 0 Å². The number of hydrogen-bond acceptors (Lipinski definition) is 2. The number of likely N-dealkylation sites (tertiary alicyclic amines) is 1. The van der Waals surface area contributed by atoms with Crippen molar-refractivity contribution in [2.45, 2.75) is 45.3 Å². The second-order valence-corrected chi connectivity index (χ2v) is 6.05. The highest BCUT2D eigenvalue weighted by Crippen LogP contribution is 2.24. The summed E-state index contributed by atoms with van der Waals surface area (Å²) in [6.45, 7) is 7.80. The first kappa shape index (κ1) is 14.5. The Labute approximate surface area is 116 Å². The molecule has 0 saturated carbocycles. The van der Waals surface area contributed by atoms with E-state index in [0.29, 0.717) is 18.0 Å². The van der Waals surface area contributed by atoms with Crippen LogP contribution in [0.15, 0.2) is 24.3 Å². The summed E-state index contributed by atoms with van der Waals surface area (Å²) < 4.78 is 13.3. The molecule has 0 amide bonds. The molecule has 1 aliphatic heterocycles. The first-order chi connectivity index (χ1) is 8.97. The average Bonchev–Trinajstić information content (AvgIpc) is 2.36. The standard InChI is InChI=1S/C16H25FN2/c1-11-10-19(4)12(2)8-16(11)18-13(3)14-6-5-7-15(17)9-14/h5-7,9,11-13,16,18H,8,10H2,1-4H3. The minimum Gasteiger partial charge on any atom is -0.307 e. The molecular weight excluding hydrogens is 239 g/mol. The first-order valence-electron chi connectivity index (χ1n) is 7.19. The quantitative estimate of drug-likeness (QED) is 0.902. The van der Waals surface area contributed by atoms with Crippen LogP contribution in [0.1, 0.15) is 38.8 Å². The molecule has 0 radical (unpaired) electrons. The molecule has 0 aromatic heterocycles. The minimum absolute atomic E-state index is 0.157. The van der Waals surface area contributed by atoms with E-state index in [9.17, 15) is 4.39 Å². The summed E-state index contributed by atoms with van der Waals surface area (Å²) in [6, 6.07) is 8.20. The van der Waals surface area contributed by atoms with Crippen LogP contribution >= 0.6 is 0 Å². The fraction of sp³-hybridized carbons (Fsp3) is 0.625. The summed E-state index contributed by atoms with van der Waals surface area (Å²) in [6.07, 6.45) is 1.15. The van der Waals surface area contributed by atoms with Gasteiger partial charge >= 0.3 is 0 Å². The summed E-state index contributed by atoms with van der Waals surface area (Å²) in [7, 11) is 2.19. The van der Waals surface area contributed by atoms with Gasteiger partial charge in [0, 0.05) is 24.7 Å². The second kappa shape index (κ2) is 6.02. The molecule has 0 bridgehead atoms. The lowest BCUT2D eigenvalue weighted by Crippen LogP contribution is -2.51. The maximum Gasteiger partial charge on any atom is 0.123 e. The van der Waals surface area contributed by atoms with Crippen LogP contribution in [-0.2, 0) is 0 Å². The zero-order valence-corrected chi connectivity index (χ0v) is 12.4. The Kier molecular flexibility index (Phi) is 4.58. The summed E-state index contributed by atoms with van der Waals surface area (Å²) in [5.41, 5.74) is 1.03. The molecule has 1 aromatic carbocycles. The van der Waals surface area contributed by atoms with E-state index in [1.807, 2.05) is 6.07 Å². The van der Waals surface area contributed by atoms with Gasteiger partial charge < -0.3 is 10.2 Å². The molecule has 1 aliphatic rings. The molecule has 3 heteroatoms. The molecule has 4 unspecified atom stereocenters. The molecule has 1 fully saturated rings. The highest BCUT2D eigenvalue weighted by atomic mass is 19.1. The highest BCUT2D eigenvalue weighted by molar-refractivity contribution is 5.19. The predicted octanol–water partition coefficient (Wildman–Crippen LogP) is 3.21. The Morgan fingerprint density at radius 1 is 1.37 bits per heavy atom. The van der Waals surface area contributed by atoms with Gasteiger partial charge in [-0.2, -0.15) is 0 Å². The van der Waals surface area contributed by atoms with Crippen molar-refractivity contribution in [1.29, 1.82) is 0 Å². The molecule has 1 aromatic rings. The van der Waals surface area contributed by atoms with Crippen molar-refractivity contribution >= 4 is 0 Å². The van der Waals surface area contributed by atoms with E-state index in [4.69, 9.17) is 0 Å². The zero-order valence-electron chi connectivity index (χ0n) is 12.4. The van der Waals surface area contributed by atoms with E-state index in [-0.39, 0.29) is 11.9 Å². The SMILES string of the molecule is CC(NC1CC(C)N(C)CC1C)c1cccc(F)c1. The van der Waals surface area contributed by atoms with E-state index >= 15 is 0 Å². The molecule has 1 N–H and O–H groups in total. The third-order valence-corrected chi connectivity index (χ3v) is 4.42. The van der Waals surface area contributed by atoms with Crippen LogP contribution in [0.25, 0.3) is 0 Å². The molecule has 106 valence electrons. The van der Waals surface area contributed by atoms with Crippen molar-refractivity contribution in [3.05, 3.63) is 35.6 Å². The second-order valence-electron chi connectivity index (χ2n) is 6.05. The smallest absolute Gasteiger partial charge is 0.123 e. The summed E-state index contributed by atoms with van der Waals surface area (Å²) in [4.78, 5) is 2.41. The van der Waals surface area contributed by atoms with Gasteiger partial charge in [-0.1, -0.05) is 19.1 Å². The number of halogens is 1. The van der Waals surface area contributed by atoms with Gasteiger partial charge in [-0.05, 0) is 50.9 Å². The lowest BCUT2D eigenvalue weighted by molar-refractivity contribution is 0.116. The maximum absolute atomic E-state index is 13.3. The molecule has 0 spiro atoms. The van der Waals surface area contributed by atoms with Crippen molar-refractivity contribution in [2.24, 2.45) is 5.92 Å². The Hall–Kier alpha value is -0.930. The van der Waals surface area contributed by atoms with Crippen LogP contribution in [0, 0.1) is 11.7 Å². The first-order valence-corrected chi connectivity index (χ1v) is 7.19. The molecule has 2 nitrogen and oxygen atoms in total. The maximum atomic E-state index is 13.3. The molecule has 19 heavy (non-hydrogen) atoms. The van der Waals surface area contributed by atoms with Crippen molar-refractivity contribution < 1.29 is 4.39 Å². The van der Waals surface area contributed by atoms with Crippen LogP contribution in [0.3, 0.4) is 0 Å². The van der Waals surface area contributed by atoms with Gasteiger partial charge in [0.2, 0.25) is 0 Å². The van der Waals surface area contributed by atoms with Gasteiger partial charge in [0.25, 0.3) is 0 Å². The average molecular weight is 264 g/mol. The van der Waals surface area contributed by atoms with Crippen LogP contribution in [-0.4, -0.2) is 30.6 Å². The van der Waals surface area contributed by atoms with Crippen molar-refractivity contribution in [3.8, 4) is 0 Å². The monoisotopic (exact) mass is 264 g/mol. The lowest BCUT2D eigenvalue weighted by Gasteiger charge is -2.41. The third-order valence-electron chi connectivity index (χ3n) is 4.42.